The fraction of sp³-hybridized carbons (Fsp3) is 0.684. The molecule has 2 atom stereocenters. The summed E-state index contributed by atoms with van der Waals surface area (Å²) in [6.07, 6.45) is 1.13. The summed E-state index contributed by atoms with van der Waals surface area (Å²) in [5.41, 5.74) is 0.163. The molecule has 1 saturated heterocycles. The number of anilines is 1. The Morgan fingerprint density at radius 1 is 1.45 bits per heavy atom. The number of nitrogens with one attached hydrogen (secondary N) is 1. The van der Waals surface area contributed by atoms with Crippen LogP contribution in [0.2, 0.25) is 0 Å². The molecule has 0 aromatic carbocycles. The Kier molecular flexibility index (Phi) is 6.30. The van der Waals surface area contributed by atoms with Crippen LogP contribution in [0.4, 0.5) is 15.1 Å². The quantitative estimate of drug-likeness (QED) is 0.730. The zero-order valence-electron chi connectivity index (χ0n) is 17.4. The summed E-state index contributed by atoms with van der Waals surface area (Å²) in [7, 11) is 0. The normalized spacial score (nSPS) is 20.3. The lowest BCUT2D eigenvalue weighted by molar-refractivity contribution is 0.0125. The summed E-state index contributed by atoms with van der Waals surface area (Å²) >= 11 is 3.44. The summed E-state index contributed by atoms with van der Waals surface area (Å²) in [5.74, 6) is 1.58. The largest absolute Gasteiger partial charge is 0.444 e. The molecule has 1 aliphatic rings. The molecule has 8 nitrogen and oxygen atoms in total. The Hall–Kier alpha value is -1.97. The van der Waals surface area contributed by atoms with Crippen LogP contribution in [-0.4, -0.2) is 61.5 Å². The number of imidazole rings is 1. The molecule has 3 rings (SSSR count). The summed E-state index contributed by atoms with van der Waals surface area (Å²) < 4.78 is 22.5. The maximum atomic E-state index is 14.8. The molecule has 2 aromatic heterocycles. The fourth-order valence-corrected chi connectivity index (χ4v) is 3.67. The highest BCUT2D eigenvalue weighted by molar-refractivity contribution is 9.10. The van der Waals surface area contributed by atoms with E-state index in [0.717, 1.165) is 17.8 Å². The molecular formula is C19H28BrFN6O2. The topological polar surface area (TPSA) is 84.7 Å². The first-order valence-corrected chi connectivity index (χ1v) is 10.6. The number of amides is 1. The van der Waals surface area contributed by atoms with E-state index in [1.54, 1.807) is 31.5 Å². The van der Waals surface area contributed by atoms with E-state index in [0.29, 0.717) is 29.4 Å². The van der Waals surface area contributed by atoms with Crippen LogP contribution in [0.3, 0.4) is 0 Å². The van der Waals surface area contributed by atoms with E-state index in [1.807, 2.05) is 0 Å². The number of aromatic nitrogens is 4. The number of hydrogen-bond donors (Lipinski definition) is 1. The third-order valence-corrected chi connectivity index (χ3v) is 5.10. The van der Waals surface area contributed by atoms with Crippen LogP contribution < -0.4 is 5.32 Å². The predicted molar refractivity (Wildman–Crippen MR) is 112 cm³/mol. The molecule has 1 amide bonds. The molecule has 1 N–H and O–H groups in total. The Labute approximate surface area is 178 Å². The van der Waals surface area contributed by atoms with Crippen LogP contribution in [-0.2, 0) is 11.2 Å². The number of carbonyl (C=O) groups is 1. The van der Waals surface area contributed by atoms with Crippen LogP contribution in [0, 0.1) is 5.92 Å². The average Bonchev–Trinajstić information content (AvgIpc) is 2.90. The minimum absolute atomic E-state index is 0.0238. The lowest BCUT2D eigenvalue weighted by atomic mass is 10.0. The van der Waals surface area contributed by atoms with Crippen molar-refractivity contribution in [2.24, 2.45) is 5.92 Å². The molecule has 0 aliphatic carbocycles. The van der Waals surface area contributed by atoms with Gasteiger partial charge < -0.3 is 15.0 Å². The first-order chi connectivity index (χ1) is 13.5. The minimum atomic E-state index is -1.25. The van der Waals surface area contributed by atoms with Crippen molar-refractivity contribution in [1.82, 2.24) is 24.5 Å². The molecule has 0 saturated carbocycles. The molecule has 2 aromatic rings. The first kappa shape index (κ1) is 21.7. The van der Waals surface area contributed by atoms with Gasteiger partial charge in [0.1, 0.15) is 27.7 Å². The molecule has 1 fully saturated rings. The van der Waals surface area contributed by atoms with Gasteiger partial charge in [0.25, 0.3) is 0 Å². The van der Waals surface area contributed by atoms with Crippen LogP contribution in [0.5, 0.6) is 0 Å². The highest BCUT2D eigenvalue weighted by Gasteiger charge is 2.34. The first-order valence-electron chi connectivity index (χ1n) is 9.82. The summed E-state index contributed by atoms with van der Waals surface area (Å²) in [6.45, 7) is 9.99. The van der Waals surface area contributed by atoms with Gasteiger partial charge in [-0.05, 0) is 49.0 Å². The van der Waals surface area contributed by atoms with Gasteiger partial charge in [0, 0.05) is 13.0 Å². The second kappa shape index (κ2) is 8.41. The van der Waals surface area contributed by atoms with Crippen molar-refractivity contribution in [3.8, 4) is 0 Å². The number of halogens is 2. The molecule has 1 aliphatic heterocycles. The number of piperidine rings is 1. The van der Waals surface area contributed by atoms with Crippen molar-refractivity contribution in [3.63, 3.8) is 0 Å². The van der Waals surface area contributed by atoms with Crippen molar-refractivity contribution in [2.45, 2.75) is 65.3 Å². The monoisotopic (exact) mass is 470 g/mol. The highest BCUT2D eigenvalue weighted by Crippen LogP contribution is 2.22. The summed E-state index contributed by atoms with van der Waals surface area (Å²) in [5, 5.41) is 7.59. The van der Waals surface area contributed by atoms with Crippen LogP contribution >= 0.6 is 15.9 Å². The van der Waals surface area contributed by atoms with Gasteiger partial charge >= 0.3 is 6.09 Å². The zero-order chi connectivity index (χ0) is 21.3. The highest BCUT2D eigenvalue weighted by atomic mass is 79.9. The van der Waals surface area contributed by atoms with Gasteiger partial charge in [-0.2, -0.15) is 0 Å². The van der Waals surface area contributed by atoms with Gasteiger partial charge in [-0.1, -0.05) is 13.8 Å². The number of carbonyl (C=O) groups excluding carboxylic acids is 1. The van der Waals surface area contributed by atoms with Crippen molar-refractivity contribution < 1.29 is 13.9 Å². The smallest absolute Gasteiger partial charge is 0.410 e. The van der Waals surface area contributed by atoms with Crippen molar-refractivity contribution in [1.29, 1.82) is 0 Å². The average molecular weight is 471 g/mol. The SMILES string of the molecule is CC(C)Cc1nc(Br)c2cnc(N[C@@H]3CCN(C(=O)OC(C)(C)C)C[C@H]3F)nn12. The Bertz CT molecular complexity index is 881. The van der Waals surface area contributed by atoms with Gasteiger partial charge in [-0.25, -0.2) is 23.7 Å². The number of hydrogen-bond acceptors (Lipinski definition) is 6. The molecule has 29 heavy (non-hydrogen) atoms. The van der Waals surface area contributed by atoms with E-state index < -0.39 is 23.9 Å². The van der Waals surface area contributed by atoms with E-state index >= 15 is 0 Å². The number of rotatable bonds is 4. The maximum absolute atomic E-state index is 14.8. The second-order valence-electron chi connectivity index (χ2n) is 8.78. The van der Waals surface area contributed by atoms with E-state index in [2.05, 4.69) is 50.2 Å². The standard InChI is InChI=1S/C19H28BrFN6O2/c1-11(2)8-15-24-16(20)14-9-22-17(25-27(14)15)23-13-6-7-26(10-12(13)21)18(28)29-19(3,4)5/h9,11-13H,6-8,10H2,1-5H3,(H,23,25)/t12-,13-/m1/s1. The van der Waals surface area contributed by atoms with Gasteiger partial charge in [-0.15, -0.1) is 5.10 Å². The lowest BCUT2D eigenvalue weighted by Gasteiger charge is -2.35. The van der Waals surface area contributed by atoms with Crippen molar-refractivity contribution >= 4 is 33.5 Å². The number of alkyl halides is 1. The Morgan fingerprint density at radius 3 is 2.79 bits per heavy atom. The maximum Gasteiger partial charge on any atom is 0.410 e. The molecule has 160 valence electrons. The fourth-order valence-electron chi connectivity index (χ4n) is 3.20. The van der Waals surface area contributed by atoms with Gasteiger partial charge in [-0.3, -0.25) is 0 Å². The molecule has 3 heterocycles. The van der Waals surface area contributed by atoms with Gasteiger partial charge in [0.05, 0.1) is 18.8 Å². The molecule has 10 heteroatoms. The number of nitrogens with zero attached hydrogens (tertiary/aromatic N) is 5. The van der Waals surface area contributed by atoms with Gasteiger partial charge in [0.2, 0.25) is 5.95 Å². The van der Waals surface area contributed by atoms with E-state index in [4.69, 9.17) is 4.74 Å². The summed E-state index contributed by atoms with van der Waals surface area (Å²) in [6, 6.07) is -0.480. The molecule has 0 unspecified atom stereocenters. The second-order valence-corrected chi connectivity index (χ2v) is 9.53. The van der Waals surface area contributed by atoms with Crippen molar-refractivity contribution in [2.75, 3.05) is 18.4 Å². The van der Waals surface area contributed by atoms with Crippen molar-refractivity contribution in [3.05, 3.63) is 16.6 Å². The molecule has 0 bridgehead atoms. The molecule has 0 spiro atoms. The zero-order valence-corrected chi connectivity index (χ0v) is 19.0. The van der Waals surface area contributed by atoms with Crippen LogP contribution in [0.1, 0.15) is 46.9 Å². The molecular weight excluding hydrogens is 443 g/mol. The Balaban J connectivity index is 1.69. The Morgan fingerprint density at radius 2 is 2.17 bits per heavy atom. The van der Waals surface area contributed by atoms with E-state index in [9.17, 15) is 9.18 Å². The third-order valence-electron chi connectivity index (χ3n) is 4.51. The van der Waals surface area contributed by atoms with E-state index in [1.165, 1.54) is 4.90 Å². The van der Waals surface area contributed by atoms with Gasteiger partial charge in [0.15, 0.2) is 0 Å². The third kappa shape index (κ3) is 5.34. The molecule has 0 radical (unpaired) electrons. The van der Waals surface area contributed by atoms with E-state index in [-0.39, 0.29) is 6.54 Å². The minimum Gasteiger partial charge on any atom is -0.444 e. The van der Waals surface area contributed by atoms with Crippen LogP contribution in [0.25, 0.3) is 5.52 Å². The number of ether oxygens (including phenoxy) is 1. The lowest BCUT2D eigenvalue weighted by Crippen LogP contribution is -2.51. The number of likely N-dealkylation sites (tertiary alicyclic amines) is 1. The van der Waals surface area contributed by atoms with Crippen LogP contribution in [0.15, 0.2) is 10.8 Å². The predicted octanol–water partition coefficient (Wildman–Crippen LogP) is 3.84. The summed E-state index contributed by atoms with van der Waals surface area (Å²) in [4.78, 5) is 22.4. The number of fused-ring (bicyclic) bond motifs is 1.